The van der Waals surface area contributed by atoms with Crippen LogP contribution in [-0.2, 0) is 5.41 Å². The monoisotopic (exact) mass is 601 g/mol. The van der Waals surface area contributed by atoms with Crippen molar-refractivity contribution in [3.63, 3.8) is 0 Å². The molecule has 8 rings (SSSR count). The van der Waals surface area contributed by atoms with Crippen molar-refractivity contribution in [1.82, 2.24) is 0 Å². The molecule has 2 aliphatic carbocycles. The van der Waals surface area contributed by atoms with Crippen molar-refractivity contribution in [2.24, 2.45) is 16.8 Å². The van der Waals surface area contributed by atoms with Crippen molar-refractivity contribution in [3.05, 3.63) is 159 Å². The third-order valence-electron chi connectivity index (χ3n) is 10.3. The molecule has 2 heterocycles. The van der Waals surface area contributed by atoms with Crippen LogP contribution < -0.4 is 0 Å². The second kappa shape index (κ2) is 11.3. The van der Waals surface area contributed by atoms with Gasteiger partial charge in [0.15, 0.2) is 0 Å². The van der Waals surface area contributed by atoms with Crippen LogP contribution in [0.1, 0.15) is 68.7 Å². The lowest BCUT2D eigenvalue weighted by Crippen LogP contribution is -2.20. The first-order chi connectivity index (χ1) is 22.0. The van der Waals surface area contributed by atoms with Gasteiger partial charge >= 0.3 is 0 Å². The number of hydrogen-bond acceptors (Lipinski definition) is 2. The number of rotatable bonds is 6. The molecule has 4 aliphatic rings. The van der Waals surface area contributed by atoms with Crippen LogP contribution in [0.5, 0.6) is 0 Å². The maximum absolute atomic E-state index is 5.43. The van der Waals surface area contributed by atoms with E-state index >= 15 is 0 Å². The van der Waals surface area contributed by atoms with E-state index in [2.05, 4.69) is 142 Å². The molecule has 4 aromatic carbocycles. The van der Waals surface area contributed by atoms with Crippen molar-refractivity contribution in [1.29, 1.82) is 0 Å². The first-order valence-electron chi connectivity index (χ1n) is 16.6. The van der Waals surface area contributed by atoms with Crippen molar-refractivity contribution in [2.45, 2.75) is 51.9 Å². The fraction of sp³-hybridized carbons (Fsp3) is 0.233. The van der Waals surface area contributed by atoms with E-state index < -0.39 is 0 Å². The second-order valence-corrected chi connectivity index (χ2v) is 14.2. The molecule has 45 heavy (non-hydrogen) atoms. The molecule has 0 N–H and O–H groups in total. The largest absolute Gasteiger partial charge is 0.247 e. The van der Waals surface area contributed by atoms with Crippen molar-refractivity contribution in [3.8, 4) is 22.3 Å². The zero-order valence-corrected chi connectivity index (χ0v) is 27.2. The molecule has 0 spiro atoms. The molecule has 0 saturated heterocycles. The third-order valence-corrected chi connectivity index (χ3v) is 11.6. The second-order valence-electron chi connectivity index (χ2n) is 13.2. The Kier molecular flexibility index (Phi) is 7.14. The molecule has 2 aliphatic heterocycles. The number of benzene rings is 4. The molecule has 3 unspecified atom stereocenters. The van der Waals surface area contributed by atoms with Gasteiger partial charge in [-0.3, -0.25) is 0 Å². The summed E-state index contributed by atoms with van der Waals surface area (Å²) in [6, 6.07) is 36.0. The van der Waals surface area contributed by atoms with E-state index in [0.29, 0.717) is 11.8 Å². The van der Waals surface area contributed by atoms with Crippen molar-refractivity contribution < 1.29 is 0 Å². The number of fused-ring (bicyclic) bond motifs is 5. The summed E-state index contributed by atoms with van der Waals surface area (Å²) in [6.45, 7) is 7.09. The van der Waals surface area contributed by atoms with Gasteiger partial charge in [0.1, 0.15) is 0 Å². The van der Waals surface area contributed by atoms with Crippen LogP contribution in [0.3, 0.4) is 0 Å². The van der Waals surface area contributed by atoms with Gasteiger partial charge in [0.25, 0.3) is 0 Å². The van der Waals surface area contributed by atoms with Crippen molar-refractivity contribution in [2.75, 3.05) is 0 Å². The van der Waals surface area contributed by atoms with Gasteiger partial charge in [-0.05, 0) is 74.2 Å². The van der Waals surface area contributed by atoms with Gasteiger partial charge in [-0.2, -0.15) is 0 Å². The Balaban J connectivity index is 1.16. The summed E-state index contributed by atoms with van der Waals surface area (Å²) in [5.41, 5.74) is 14.4. The summed E-state index contributed by atoms with van der Waals surface area (Å²) in [5, 5.41) is 0. The molecular weight excluding hydrogens is 563 g/mol. The van der Waals surface area contributed by atoms with Crippen LogP contribution in [0.4, 0.5) is 0 Å². The minimum absolute atomic E-state index is 0.0819. The number of thioether (sulfide) groups is 1. The van der Waals surface area contributed by atoms with Gasteiger partial charge in [-0.25, -0.2) is 4.99 Å². The van der Waals surface area contributed by atoms with E-state index in [0.717, 1.165) is 17.8 Å². The number of unbranched alkanes of at least 4 members (excludes halogenated alkanes) is 1. The Bertz CT molecular complexity index is 1950. The van der Waals surface area contributed by atoms with Gasteiger partial charge in [-0.1, -0.05) is 161 Å². The molecule has 2 heteroatoms. The summed E-state index contributed by atoms with van der Waals surface area (Å²) in [7, 11) is 0. The molecule has 0 fully saturated rings. The van der Waals surface area contributed by atoms with E-state index in [1.807, 2.05) is 11.8 Å². The predicted octanol–water partition coefficient (Wildman–Crippen LogP) is 11.8. The standard InChI is InChI=1S/C43H39NS/c1-4-5-25-43(3)36-17-11-9-15-33(36)35-27-32(23-24-37(35)43)29-19-21-30(22-20-29)38-26-28(2)40-34-16-10-12-18-39(34)45-42(40)41(44-38)31-13-7-6-8-14-31/h6-15,17-24,26-28,34H,4-5,16,25H2,1-3H3. The molecule has 0 amide bonds. The average molecular weight is 602 g/mol. The molecule has 0 bridgehead atoms. The topological polar surface area (TPSA) is 12.4 Å². The lowest BCUT2D eigenvalue weighted by atomic mass is 9.76. The fourth-order valence-electron chi connectivity index (χ4n) is 7.93. The average Bonchev–Trinajstić information content (AvgIpc) is 3.54. The van der Waals surface area contributed by atoms with Crippen molar-refractivity contribution >= 4 is 23.2 Å². The maximum Gasteiger partial charge on any atom is 0.0848 e. The smallest absolute Gasteiger partial charge is 0.0848 e. The Hall–Kier alpha value is -4.14. The molecule has 0 aromatic heterocycles. The van der Waals surface area contributed by atoms with E-state index in [-0.39, 0.29) is 5.41 Å². The van der Waals surface area contributed by atoms with Crippen LogP contribution in [0.15, 0.2) is 142 Å². The van der Waals surface area contributed by atoms with Crippen LogP contribution in [0.2, 0.25) is 0 Å². The summed E-state index contributed by atoms with van der Waals surface area (Å²) in [6.07, 6.45) is 13.9. The zero-order chi connectivity index (χ0) is 30.5. The van der Waals surface area contributed by atoms with Crippen LogP contribution >= 0.6 is 11.8 Å². The van der Waals surface area contributed by atoms with E-state index in [1.54, 1.807) is 0 Å². The van der Waals surface area contributed by atoms with Gasteiger partial charge in [0, 0.05) is 21.8 Å². The molecule has 0 saturated carbocycles. The highest BCUT2D eigenvalue weighted by molar-refractivity contribution is 8.08. The fourth-order valence-corrected chi connectivity index (χ4v) is 9.39. The number of aliphatic imine (C=N–C) groups is 1. The lowest BCUT2D eigenvalue weighted by Gasteiger charge is -2.27. The van der Waals surface area contributed by atoms with Gasteiger partial charge in [0.05, 0.1) is 11.4 Å². The van der Waals surface area contributed by atoms with Gasteiger partial charge < -0.3 is 0 Å². The molecule has 0 radical (unpaired) electrons. The molecule has 222 valence electrons. The van der Waals surface area contributed by atoms with E-state index in [4.69, 9.17) is 4.99 Å². The quantitative estimate of drug-likeness (QED) is 0.214. The van der Waals surface area contributed by atoms with Crippen LogP contribution in [0, 0.1) is 11.8 Å². The number of allylic oxidation sites excluding steroid dienone is 7. The molecule has 3 atom stereocenters. The Morgan fingerprint density at radius 3 is 2.36 bits per heavy atom. The van der Waals surface area contributed by atoms with Crippen LogP contribution in [-0.4, -0.2) is 5.71 Å². The Labute approximate surface area is 272 Å². The zero-order valence-electron chi connectivity index (χ0n) is 26.4. The summed E-state index contributed by atoms with van der Waals surface area (Å²) < 4.78 is 0. The molecule has 1 nitrogen and oxygen atoms in total. The van der Waals surface area contributed by atoms with Gasteiger partial charge in [0.2, 0.25) is 0 Å². The highest BCUT2D eigenvalue weighted by Gasteiger charge is 2.39. The summed E-state index contributed by atoms with van der Waals surface area (Å²) in [4.78, 5) is 8.24. The predicted molar refractivity (Wildman–Crippen MR) is 193 cm³/mol. The molecule has 4 aromatic rings. The van der Waals surface area contributed by atoms with Gasteiger partial charge in [-0.15, -0.1) is 0 Å². The highest BCUT2D eigenvalue weighted by atomic mass is 32.2. The minimum atomic E-state index is 0.0819. The number of hydrogen-bond donors (Lipinski definition) is 0. The Morgan fingerprint density at radius 1 is 0.800 bits per heavy atom. The van der Waals surface area contributed by atoms with Crippen LogP contribution in [0.25, 0.3) is 28.0 Å². The highest BCUT2D eigenvalue weighted by Crippen LogP contribution is 2.54. The normalized spacial score (nSPS) is 23.0. The first kappa shape index (κ1) is 28.3. The maximum atomic E-state index is 5.43. The van der Waals surface area contributed by atoms with E-state index in [1.165, 1.54) is 79.2 Å². The minimum Gasteiger partial charge on any atom is -0.247 e. The SMILES string of the molecule is CCCCC1(C)c2ccccc2-c2cc(-c3ccc(C4=CC(C)C5=C(SC6=CC=CCC65)C(c5ccccc5)=N4)cc3)ccc21. The number of nitrogens with zero attached hydrogens (tertiary/aromatic N) is 1. The molecular formula is C43H39NS. The third kappa shape index (κ3) is 4.73. The summed E-state index contributed by atoms with van der Waals surface area (Å²) in [5.74, 6) is 0.777. The lowest BCUT2D eigenvalue weighted by molar-refractivity contribution is 0.504. The summed E-state index contributed by atoms with van der Waals surface area (Å²) >= 11 is 1.93. The van der Waals surface area contributed by atoms with E-state index in [9.17, 15) is 0 Å². The Morgan fingerprint density at radius 2 is 1.53 bits per heavy atom. The first-order valence-corrected chi connectivity index (χ1v) is 17.4.